The Balaban J connectivity index is 2.41. The predicted octanol–water partition coefficient (Wildman–Crippen LogP) is 3.36. The summed E-state index contributed by atoms with van der Waals surface area (Å²) in [5.74, 6) is -0.428. The summed E-state index contributed by atoms with van der Waals surface area (Å²) in [4.78, 5) is 11.9. The Labute approximate surface area is 130 Å². The summed E-state index contributed by atoms with van der Waals surface area (Å²) in [7, 11) is 4.79. The zero-order valence-corrected chi connectivity index (χ0v) is 12.9. The van der Waals surface area contributed by atoms with Gasteiger partial charge in [0.05, 0.1) is 20.5 Å². The van der Waals surface area contributed by atoms with E-state index in [0.717, 1.165) is 16.8 Å². The van der Waals surface area contributed by atoms with E-state index >= 15 is 0 Å². The standard InChI is InChI=1S/C18H19NO3/c1-19-12-11-15(16(13-21-2)18(20)22-3)17(19)10-9-14-7-5-4-6-8-14/h4-13H,1-3H3/b10-9?,16-13-. The fourth-order valence-electron chi connectivity index (χ4n) is 2.17. The lowest BCUT2D eigenvalue weighted by atomic mass is 10.1. The van der Waals surface area contributed by atoms with Gasteiger partial charge in [0, 0.05) is 24.5 Å². The van der Waals surface area contributed by atoms with Gasteiger partial charge in [0.2, 0.25) is 0 Å². The van der Waals surface area contributed by atoms with Crippen LogP contribution in [0.5, 0.6) is 0 Å². The van der Waals surface area contributed by atoms with Crippen LogP contribution in [0, 0.1) is 0 Å². The van der Waals surface area contributed by atoms with Crippen LogP contribution < -0.4 is 0 Å². The third-order valence-corrected chi connectivity index (χ3v) is 3.29. The van der Waals surface area contributed by atoms with E-state index in [-0.39, 0.29) is 0 Å². The Morgan fingerprint density at radius 3 is 2.45 bits per heavy atom. The molecule has 0 atom stereocenters. The molecule has 1 heterocycles. The third kappa shape index (κ3) is 3.47. The van der Waals surface area contributed by atoms with E-state index in [1.54, 1.807) is 0 Å². The van der Waals surface area contributed by atoms with Crippen LogP contribution in [0.4, 0.5) is 0 Å². The van der Waals surface area contributed by atoms with Gasteiger partial charge in [-0.1, -0.05) is 36.4 Å². The van der Waals surface area contributed by atoms with Crippen LogP contribution in [0.15, 0.2) is 48.9 Å². The second-order valence-corrected chi connectivity index (χ2v) is 4.73. The highest BCUT2D eigenvalue weighted by molar-refractivity contribution is 6.17. The smallest absolute Gasteiger partial charge is 0.341 e. The number of benzene rings is 1. The van der Waals surface area contributed by atoms with Crippen LogP contribution >= 0.6 is 0 Å². The molecule has 4 nitrogen and oxygen atoms in total. The molecule has 1 aromatic heterocycles. The van der Waals surface area contributed by atoms with Crippen LogP contribution in [0.3, 0.4) is 0 Å². The van der Waals surface area contributed by atoms with Gasteiger partial charge >= 0.3 is 5.97 Å². The number of methoxy groups -OCH3 is 2. The monoisotopic (exact) mass is 297 g/mol. The molecule has 0 aliphatic carbocycles. The molecule has 1 aromatic carbocycles. The van der Waals surface area contributed by atoms with E-state index < -0.39 is 5.97 Å². The van der Waals surface area contributed by atoms with Gasteiger partial charge in [-0.3, -0.25) is 0 Å². The summed E-state index contributed by atoms with van der Waals surface area (Å²) >= 11 is 0. The minimum absolute atomic E-state index is 0.387. The van der Waals surface area contributed by atoms with Crippen LogP contribution in [0.2, 0.25) is 0 Å². The molecule has 0 unspecified atom stereocenters. The lowest BCUT2D eigenvalue weighted by Crippen LogP contribution is -2.05. The van der Waals surface area contributed by atoms with Gasteiger partial charge in [-0.05, 0) is 17.7 Å². The summed E-state index contributed by atoms with van der Waals surface area (Å²) in [5, 5.41) is 0. The molecule has 0 aliphatic rings. The van der Waals surface area contributed by atoms with E-state index in [2.05, 4.69) is 0 Å². The maximum atomic E-state index is 11.9. The SMILES string of the molecule is CO/C=C(\C(=O)OC)c1ccn(C)c1C=Cc1ccccc1. The van der Waals surface area contributed by atoms with Gasteiger partial charge in [0.15, 0.2) is 0 Å². The average molecular weight is 297 g/mol. The number of carbonyl (C=O) groups is 1. The Kier molecular flexibility index (Phi) is 5.20. The number of hydrogen-bond acceptors (Lipinski definition) is 3. The first-order valence-electron chi connectivity index (χ1n) is 6.87. The zero-order valence-electron chi connectivity index (χ0n) is 12.9. The van der Waals surface area contributed by atoms with Crippen molar-refractivity contribution in [3.05, 3.63) is 65.7 Å². The quantitative estimate of drug-likeness (QED) is 0.483. The van der Waals surface area contributed by atoms with E-state index in [9.17, 15) is 4.79 Å². The number of aromatic nitrogens is 1. The molecular formula is C18H19NO3. The number of aryl methyl sites for hydroxylation is 1. The van der Waals surface area contributed by atoms with Crippen molar-refractivity contribution in [1.29, 1.82) is 0 Å². The molecule has 0 amide bonds. The van der Waals surface area contributed by atoms with E-state index in [1.165, 1.54) is 20.5 Å². The van der Waals surface area contributed by atoms with Crippen LogP contribution in [-0.4, -0.2) is 24.8 Å². The number of nitrogens with zero attached hydrogens (tertiary/aromatic N) is 1. The first-order chi connectivity index (χ1) is 10.7. The number of ether oxygens (including phenoxy) is 2. The van der Waals surface area contributed by atoms with Crippen molar-refractivity contribution in [3.63, 3.8) is 0 Å². The van der Waals surface area contributed by atoms with E-state index in [0.29, 0.717) is 5.57 Å². The van der Waals surface area contributed by atoms with Gasteiger partial charge < -0.3 is 14.0 Å². The molecule has 22 heavy (non-hydrogen) atoms. The van der Waals surface area contributed by atoms with Crippen LogP contribution in [0.25, 0.3) is 17.7 Å². The highest BCUT2D eigenvalue weighted by atomic mass is 16.5. The number of carbonyl (C=O) groups excluding carboxylic acids is 1. The Hall–Kier alpha value is -2.75. The highest BCUT2D eigenvalue weighted by Crippen LogP contribution is 2.23. The van der Waals surface area contributed by atoms with Crippen molar-refractivity contribution < 1.29 is 14.3 Å². The van der Waals surface area contributed by atoms with Crippen molar-refractivity contribution in [2.75, 3.05) is 14.2 Å². The third-order valence-electron chi connectivity index (χ3n) is 3.29. The summed E-state index contributed by atoms with van der Waals surface area (Å²) in [5.41, 5.74) is 3.14. The molecule has 2 aromatic rings. The summed E-state index contributed by atoms with van der Waals surface area (Å²) in [6.45, 7) is 0. The van der Waals surface area contributed by atoms with Crippen LogP contribution in [0.1, 0.15) is 16.8 Å². The van der Waals surface area contributed by atoms with E-state index in [1.807, 2.05) is 66.4 Å². The van der Waals surface area contributed by atoms with Gasteiger partial charge in [0.25, 0.3) is 0 Å². The molecule has 0 saturated heterocycles. The van der Waals surface area contributed by atoms with Crippen molar-refractivity contribution >= 4 is 23.7 Å². The first kappa shape index (κ1) is 15.6. The Morgan fingerprint density at radius 2 is 1.82 bits per heavy atom. The normalized spacial score (nSPS) is 11.7. The van der Waals surface area contributed by atoms with Crippen molar-refractivity contribution in [2.45, 2.75) is 0 Å². The molecule has 0 aliphatic heterocycles. The molecule has 4 heteroatoms. The average Bonchev–Trinajstić information content (AvgIpc) is 2.91. The van der Waals surface area contributed by atoms with Gasteiger partial charge in [-0.15, -0.1) is 0 Å². The fourth-order valence-corrected chi connectivity index (χ4v) is 2.17. The van der Waals surface area contributed by atoms with Gasteiger partial charge in [-0.25, -0.2) is 4.79 Å². The molecule has 114 valence electrons. The number of esters is 1. The lowest BCUT2D eigenvalue weighted by Gasteiger charge is -2.06. The maximum Gasteiger partial charge on any atom is 0.341 e. The van der Waals surface area contributed by atoms with Crippen molar-refractivity contribution in [2.24, 2.45) is 7.05 Å². The first-order valence-corrected chi connectivity index (χ1v) is 6.87. The molecule has 0 saturated carbocycles. The van der Waals surface area contributed by atoms with E-state index in [4.69, 9.17) is 9.47 Å². The summed E-state index contributed by atoms with van der Waals surface area (Å²) in [6, 6.07) is 11.8. The van der Waals surface area contributed by atoms with Crippen molar-refractivity contribution in [1.82, 2.24) is 4.57 Å². The zero-order chi connectivity index (χ0) is 15.9. The summed E-state index contributed by atoms with van der Waals surface area (Å²) in [6.07, 6.45) is 7.27. The molecule has 0 fully saturated rings. The second kappa shape index (κ2) is 7.31. The highest BCUT2D eigenvalue weighted by Gasteiger charge is 2.17. The van der Waals surface area contributed by atoms with Gasteiger partial charge in [-0.2, -0.15) is 0 Å². The fraction of sp³-hybridized carbons (Fsp3) is 0.167. The second-order valence-electron chi connectivity index (χ2n) is 4.73. The minimum Gasteiger partial charge on any atom is -0.503 e. The van der Waals surface area contributed by atoms with Crippen LogP contribution in [-0.2, 0) is 21.3 Å². The summed E-state index contributed by atoms with van der Waals surface area (Å²) < 4.78 is 11.8. The lowest BCUT2D eigenvalue weighted by molar-refractivity contribution is -0.133. The largest absolute Gasteiger partial charge is 0.503 e. The maximum absolute atomic E-state index is 11.9. The Morgan fingerprint density at radius 1 is 1.09 bits per heavy atom. The molecule has 0 bridgehead atoms. The molecule has 0 N–H and O–H groups in total. The molecular weight excluding hydrogens is 278 g/mol. The molecule has 2 rings (SSSR count). The Bertz CT molecular complexity index is 696. The topological polar surface area (TPSA) is 40.5 Å². The molecule has 0 spiro atoms. The number of rotatable bonds is 5. The van der Waals surface area contributed by atoms with Gasteiger partial charge in [0.1, 0.15) is 5.57 Å². The minimum atomic E-state index is -0.428. The number of hydrogen-bond donors (Lipinski definition) is 0. The molecule has 0 radical (unpaired) electrons. The van der Waals surface area contributed by atoms with Crippen molar-refractivity contribution in [3.8, 4) is 0 Å². The predicted molar refractivity (Wildman–Crippen MR) is 87.8 cm³/mol.